The van der Waals surface area contributed by atoms with Crippen molar-refractivity contribution in [2.24, 2.45) is 0 Å². The summed E-state index contributed by atoms with van der Waals surface area (Å²) in [5.41, 5.74) is 0.538. The van der Waals surface area contributed by atoms with Crippen molar-refractivity contribution in [2.45, 2.75) is 11.3 Å². The van der Waals surface area contributed by atoms with Crippen LogP contribution in [0, 0.1) is 5.82 Å². The molecule has 2 aromatic rings. The Morgan fingerprint density at radius 3 is 2.64 bits per heavy atom. The van der Waals surface area contributed by atoms with Crippen molar-refractivity contribution in [3.05, 3.63) is 59.9 Å². The molecule has 0 saturated heterocycles. The zero-order valence-electron chi connectivity index (χ0n) is 12.3. The zero-order chi connectivity index (χ0) is 15.8. The fourth-order valence-corrected chi connectivity index (χ4v) is 2.78. The first-order valence-corrected chi connectivity index (χ1v) is 7.99. The van der Waals surface area contributed by atoms with Gasteiger partial charge in [0.1, 0.15) is 11.6 Å². The standard InChI is InChI=1S/C17H18FNO2S/c1-21-16-6-3-2-5-15(16)17(20)19-11-4-12-22-14-9-7-13(18)8-10-14/h2-3,5-10H,4,11-12H2,1H3,(H,19,20). The summed E-state index contributed by atoms with van der Waals surface area (Å²) < 4.78 is 17.9. The molecule has 1 amide bonds. The Morgan fingerprint density at radius 2 is 1.91 bits per heavy atom. The monoisotopic (exact) mass is 319 g/mol. The van der Waals surface area contributed by atoms with Gasteiger partial charge in [-0.25, -0.2) is 4.39 Å². The lowest BCUT2D eigenvalue weighted by atomic mass is 10.2. The lowest BCUT2D eigenvalue weighted by Gasteiger charge is -2.09. The number of methoxy groups -OCH3 is 1. The summed E-state index contributed by atoms with van der Waals surface area (Å²) >= 11 is 1.64. The Hall–Kier alpha value is -2.01. The molecule has 2 aromatic carbocycles. The van der Waals surface area contributed by atoms with Crippen LogP contribution in [-0.2, 0) is 0 Å². The number of thioether (sulfide) groups is 1. The molecule has 2 rings (SSSR count). The van der Waals surface area contributed by atoms with Gasteiger partial charge in [-0.15, -0.1) is 11.8 Å². The average Bonchev–Trinajstić information content (AvgIpc) is 2.56. The molecule has 5 heteroatoms. The molecule has 0 aliphatic heterocycles. The third kappa shape index (κ3) is 4.77. The molecule has 3 nitrogen and oxygen atoms in total. The number of halogens is 1. The van der Waals surface area contributed by atoms with Gasteiger partial charge in [0.15, 0.2) is 0 Å². The molecular formula is C17H18FNO2S. The van der Waals surface area contributed by atoms with Gasteiger partial charge >= 0.3 is 0 Å². The zero-order valence-corrected chi connectivity index (χ0v) is 13.2. The SMILES string of the molecule is COc1ccccc1C(=O)NCCCSc1ccc(F)cc1. The number of ether oxygens (including phenoxy) is 1. The topological polar surface area (TPSA) is 38.3 Å². The predicted molar refractivity (Wildman–Crippen MR) is 87.1 cm³/mol. The summed E-state index contributed by atoms with van der Waals surface area (Å²) in [7, 11) is 1.55. The van der Waals surface area contributed by atoms with Crippen molar-refractivity contribution in [3.8, 4) is 5.75 Å². The fourth-order valence-electron chi connectivity index (χ4n) is 1.92. The summed E-state index contributed by atoms with van der Waals surface area (Å²) in [5.74, 6) is 1.07. The third-order valence-corrected chi connectivity index (χ3v) is 4.14. The first-order chi connectivity index (χ1) is 10.7. The summed E-state index contributed by atoms with van der Waals surface area (Å²) in [4.78, 5) is 13.1. The lowest BCUT2D eigenvalue weighted by molar-refractivity contribution is 0.0951. The van der Waals surface area contributed by atoms with Crippen LogP contribution in [0.3, 0.4) is 0 Å². The van der Waals surface area contributed by atoms with Crippen LogP contribution in [0.15, 0.2) is 53.4 Å². The molecule has 0 unspecified atom stereocenters. The number of benzene rings is 2. The minimum absolute atomic E-state index is 0.135. The van der Waals surface area contributed by atoms with E-state index in [2.05, 4.69) is 5.32 Å². The Labute approximate surface area is 133 Å². The van der Waals surface area contributed by atoms with Crippen LogP contribution in [0.4, 0.5) is 4.39 Å². The second kappa shape index (κ2) is 8.44. The summed E-state index contributed by atoms with van der Waals surface area (Å²) in [5, 5.41) is 2.88. The number of carbonyl (C=O) groups is 1. The van der Waals surface area contributed by atoms with Crippen molar-refractivity contribution in [1.82, 2.24) is 5.32 Å². The van der Waals surface area contributed by atoms with Gasteiger partial charge in [0, 0.05) is 11.4 Å². The van der Waals surface area contributed by atoms with Crippen molar-refractivity contribution >= 4 is 17.7 Å². The molecule has 0 aliphatic carbocycles. The second-order valence-electron chi connectivity index (χ2n) is 4.61. The van der Waals surface area contributed by atoms with Gasteiger partial charge < -0.3 is 10.1 Å². The van der Waals surface area contributed by atoms with Crippen LogP contribution >= 0.6 is 11.8 Å². The quantitative estimate of drug-likeness (QED) is 0.624. The van der Waals surface area contributed by atoms with Crippen LogP contribution < -0.4 is 10.1 Å². The molecule has 0 heterocycles. The predicted octanol–water partition coefficient (Wildman–Crippen LogP) is 3.75. The molecule has 0 spiro atoms. The van der Waals surface area contributed by atoms with Crippen molar-refractivity contribution in [3.63, 3.8) is 0 Å². The van der Waals surface area contributed by atoms with E-state index in [1.807, 2.05) is 12.1 Å². The highest BCUT2D eigenvalue weighted by molar-refractivity contribution is 7.99. The number of carbonyl (C=O) groups excluding carboxylic acids is 1. The van der Waals surface area contributed by atoms with Gasteiger partial charge in [0.2, 0.25) is 0 Å². The largest absolute Gasteiger partial charge is 0.496 e. The van der Waals surface area contributed by atoms with Gasteiger partial charge in [0.05, 0.1) is 12.7 Å². The van der Waals surface area contributed by atoms with E-state index in [9.17, 15) is 9.18 Å². The molecule has 22 heavy (non-hydrogen) atoms. The maximum absolute atomic E-state index is 12.8. The molecule has 0 fully saturated rings. The fraction of sp³-hybridized carbons (Fsp3) is 0.235. The number of para-hydroxylation sites is 1. The average molecular weight is 319 g/mol. The highest BCUT2D eigenvalue weighted by Gasteiger charge is 2.10. The van der Waals surface area contributed by atoms with E-state index in [1.54, 1.807) is 43.1 Å². The normalized spacial score (nSPS) is 10.3. The molecular weight excluding hydrogens is 301 g/mol. The molecule has 0 bridgehead atoms. The lowest BCUT2D eigenvalue weighted by Crippen LogP contribution is -2.25. The van der Waals surface area contributed by atoms with Crippen molar-refractivity contribution < 1.29 is 13.9 Å². The number of nitrogens with one attached hydrogen (secondary N) is 1. The Bertz CT molecular complexity index is 616. The first kappa shape index (κ1) is 16.4. The van der Waals surface area contributed by atoms with Crippen LogP contribution in [-0.4, -0.2) is 25.3 Å². The molecule has 0 saturated carbocycles. The van der Waals surface area contributed by atoms with Crippen molar-refractivity contribution in [2.75, 3.05) is 19.4 Å². The minimum Gasteiger partial charge on any atom is -0.496 e. The summed E-state index contributed by atoms with van der Waals surface area (Å²) in [6, 6.07) is 13.6. The highest BCUT2D eigenvalue weighted by atomic mass is 32.2. The van der Waals surface area contributed by atoms with E-state index >= 15 is 0 Å². The van der Waals surface area contributed by atoms with Gasteiger partial charge in [-0.05, 0) is 48.6 Å². The number of hydrogen-bond donors (Lipinski definition) is 1. The van der Waals surface area contributed by atoms with Crippen molar-refractivity contribution in [1.29, 1.82) is 0 Å². The van der Waals surface area contributed by atoms with E-state index in [0.29, 0.717) is 17.9 Å². The second-order valence-corrected chi connectivity index (χ2v) is 5.78. The molecule has 1 N–H and O–H groups in total. The third-order valence-electron chi connectivity index (χ3n) is 3.04. The van der Waals surface area contributed by atoms with Gasteiger partial charge in [-0.1, -0.05) is 12.1 Å². The van der Waals surface area contributed by atoms with E-state index in [-0.39, 0.29) is 11.7 Å². The first-order valence-electron chi connectivity index (χ1n) is 7.00. The maximum atomic E-state index is 12.8. The highest BCUT2D eigenvalue weighted by Crippen LogP contribution is 2.19. The van der Waals surface area contributed by atoms with Gasteiger partial charge in [-0.3, -0.25) is 4.79 Å². The summed E-state index contributed by atoms with van der Waals surface area (Å²) in [6.07, 6.45) is 0.836. The van der Waals surface area contributed by atoms with E-state index < -0.39 is 0 Å². The Morgan fingerprint density at radius 1 is 1.18 bits per heavy atom. The number of amides is 1. The smallest absolute Gasteiger partial charge is 0.255 e. The van der Waals surface area contributed by atoms with Gasteiger partial charge in [-0.2, -0.15) is 0 Å². The molecule has 116 valence electrons. The van der Waals surface area contributed by atoms with Crippen LogP contribution in [0.5, 0.6) is 5.75 Å². The summed E-state index contributed by atoms with van der Waals surface area (Å²) in [6.45, 7) is 0.588. The molecule has 0 aromatic heterocycles. The maximum Gasteiger partial charge on any atom is 0.255 e. The number of hydrogen-bond acceptors (Lipinski definition) is 3. The van der Waals surface area contributed by atoms with E-state index in [4.69, 9.17) is 4.74 Å². The van der Waals surface area contributed by atoms with Crippen LogP contribution in [0.1, 0.15) is 16.8 Å². The minimum atomic E-state index is -0.228. The molecule has 0 aliphatic rings. The van der Waals surface area contributed by atoms with E-state index in [0.717, 1.165) is 17.1 Å². The van der Waals surface area contributed by atoms with E-state index in [1.165, 1.54) is 12.1 Å². The van der Waals surface area contributed by atoms with Crippen LogP contribution in [0.25, 0.3) is 0 Å². The van der Waals surface area contributed by atoms with Gasteiger partial charge in [0.25, 0.3) is 5.91 Å². The number of rotatable bonds is 7. The molecule has 0 radical (unpaired) electrons. The van der Waals surface area contributed by atoms with Crippen LogP contribution in [0.2, 0.25) is 0 Å². The molecule has 0 atom stereocenters. The Kier molecular flexibility index (Phi) is 6.27. The Balaban J connectivity index is 1.72.